The second-order valence-corrected chi connectivity index (χ2v) is 14.1. The van der Waals surface area contributed by atoms with Crippen LogP contribution in [0.25, 0.3) is 21.9 Å². The molecule has 13 nitrogen and oxygen atoms in total. The molecule has 1 aliphatic heterocycles. The summed E-state index contributed by atoms with van der Waals surface area (Å²) >= 11 is 0. The summed E-state index contributed by atoms with van der Waals surface area (Å²) in [5.74, 6) is 0.161. The van der Waals surface area contributed by atoms with Gasteiger partial charge in [0.15, 0.2) is 11.2 Å². The molecule has 0 aliphatic carbocycles. The Morgan fingerprint density at radius 1 is 1.20 bits per heavy atom. The maximum atomic E-state index is 14.3. The molecule has 242 valence electrons. The van der Waals surface area contributed by atoms with E-state index in [9.17, 15) is 9.36 Å². The quantitative estimate of drug-likeness (QED) is 0.145. The van der Waals surface area contributed by atoms with Crippen LogP contribution < -0.4 is 20.1 Å². The van der Waals surface area contributed by atoms with Gasteiger partial charge in [-0.2, -0.15) is 15.1 Å². The van der Waals surface area contributed by atoms with Crippen molar-refractivity contribution in [3.05, 3.63) is 48.8 Å². The van der Waals surface area contributed by atoms with E-state index in [4.69, 9.17) is 29.0 Å². The van der Waals surface area contributed by atoms with Crippen LogP contribution >= 0.6 is 7.75 Å². The number of nitrogen functional groups attached to an aromatic ring is 1. The molecule has 2 aromatic heterocycles. The van der Waals surface area contributed by atoms with E-state index in [1.807, 2.05) is 65.0 Å². The van der Waals surface area contributed by atoms with Gasteiger partial charge in [-0.1, -0.05) is 64.1 Å². The summed E-state index contributed by atoms with van der Waals surface area (Å²) in [6.07, 6.45) is 1.29. The summed E-state index contributed by atoms with van der Waals surface area (Å²) < 4.78 is 45.6. The first kappa shape index (κ1) is 32.6. The van der Waals surface area contributed by atoms with Gasteiger partial charge in [0.2, 0.25) is 11.8 Å². The fourth-order valence-corrected chi connectivity index (χ4v) is 6.61. The van der Waals surface area contributed by atoms with Gasteiger partial charge in [-0.05, 0) is 37.1 Å². The number of carbonyl (C=O) groups is 1. The second-order valence-electron chi connectivity index (χ2n) is 12.4. The van der Waals surface area contributed by atoms with Crippen LogP contribution in [0.5, 0.6) is 11.6 Å². The topological polar surface area (TPSA) is 162 Å². The van der Waals surface area contributed by atoms with Gasteiger partial charge in [0.25, 0.3) is 0 Å². The van der Waals surface area contributed by atoms with E-state index >= 15 is 0 Å². The van der Waals surface area contributed by atoms with Crippen LogP contribution in [0, 0.1) is 11.3 Å². The molecule has 45 heavy (non-hydrogen) atoms. The third kappa shape index (κ3) is 7.73. The number of nitrogens with one attached hydrogen (secondary N) is 1. The predicted octanol–water partition coefficient (Wildman–Crippen LogP) is 5.66. The SMILES string of the molecule is CCOc1nc(N)nc2c1ncn2C1OC(COP(=O)(NC(C)C(=O)OCC(C)(C)C)Oc2cccc3ccccc23)CC1C. The highest BCUT2D eigenvalue weighted by molar-refractivity contribution is 7.52. The number of esters is 1. The number of hydrogen-bond donors (Lipinski definition) is 2. The Balaban J connectivity index is 1.34. The van der Waals surface area contributed by atoms with Crippen LogP contribution in [-0.2, 0) is 23.4 Å². The standard InChI is InChI=1S/C31H41N6O7P/c1-7-40-27-25-26(34-30(32)35-27)37(18-33-25)28-19(2)15-22(43-28)16-42-45(39,36-20(3)29(38)41-17-31(4,5)6)44-24-14-10-12-21-11-8-9-13-23(21)24/h8-14,18-20,22,28H,7,15-17H2,1-6H3,(H,36,39)(H2,32,34,35). The molecule has 4 aromatic rings. The van der Waals surface area contributed by atoms with Crippen molar-refractivity contribution in [2.75, 3.05) is 25.6 Å². The second kappa shape index (κ2) is 13.3. The van der Waals surface area contributed by atoms with Crippen LogP contribution in [0.2, 0.25) is 0 Å². The molecule has 3 heterocycles. The fraction of sp³-hybridized carbons (Fsp3) is 0.484. The van der Waals surface area contributed by atoms with Gasteiger partial charge < -0.3 is 24.5 Å². The van der Waals surface area contributed by atoms with Gasteiger partial charge >= 0.3 is 13.7 Å². The Bertz CT molecular complexity index is 1700. The third-order valence-electron chi connectivity index (χ3n) is 7.17. The van der Waals surface area contributed by atoms with Crippen molar-refractivity contribution in [3.63, 3.8) is 0 Å². The third-order valence-corrected chi connectivity index (χ3v) is 8.80. The summed E-state index contributed by atoms with van der Waals surface area (Å²) in [6.45, 7) is 11.8. The summed E-state index contributed by atoms with van der Waals surface area (Å²) in [6, 6.07) is 12.0. The number of benzene rings is 2. The maximum absolute atomic E-state index is 14.3. The van der Waals surface area contributed by atoms with Crippen LogP contribution in [0.4, 0.5) is 5.95 Å². The van der Waals surface area contributed by atoms with E-state index in [1.165, 1.54) is 0 Å². The Morgan fingerprint density at radius 3 is 2.71 bits per heavy atom. The first-order valence-electron chi connectivity index (χ1n) is 15.0. The van der Waals surface area contributed by atoms with Gasteiger partial charge in [0.1, 0.15) is 18.0 Å². The smallest absolute Gasteiger partial charge is 0.459 e. The first-order valence-corrected chi connectivity index (χ1v) is 16.5. The summed E-state index contributed by atoms with van der Waals surface area (Å²) in [5, 5.41) is 4.44. The summed E-state index contributed by atoms with van der Waals surface area (Å²) in [7, 11) is -4.14. The molecule has 1 saturated heterocycles. The number of hydrogen-bond acceptors (Lipinski definition) is 11. The lowest BCUT2D eigenvalue weighted by molar-refractivity contribution is -0.148. The van der Waals surface area contributed by atoms with Crippen molar-refractivity contribution < 1.29 is 32.6 Å². The van der Waals surface area contributed by atoms with E-state index in [2.05, 4.69) is 20.0 Å². The number of imidazole rings is 1. The predicted molar refractivity (Wildman–Crippen MR) is 170 cm³/mol. The molecule has 1 aliphatic rings. The molecule has 1 fully saturated rings. The van der Waals surface area contributed by atoms with E-state index in [-0.39, 0.29) is 30.5 Å². The number of ether oxygens (including phenoxy) is 3. The zero-order valence-corrected chi connectivity index (χ0v) is 27.3. The molecule has 2 aromatic carbocycles. The minimum Gasteiger partial charge on any atom is -0.476 e. The Morgan fingerprint density at radius 2 is 1.96 bits per heavy atom. The zero-order valence-electron chi connectivity index (χ0n) is 26.4. The minimum absolute atomic E-state index is 0.0142. The van der Waals surface area contributed by atoms with Crippen molar-refractivity contribution in [2.45, 2.75) is 66.3 Å². The average Bonchev–Trinajstić information content (AvgIpc) is 3.57. The van der Waals surface area contributed by atoms with Gasteiger partial charge in [-0.25, -0.2) is 9.55 Å². The van der Waals surface area contributed by atoms with Crippen molar-refractivity contribution in [3.8, 4) is 11.6 Å². The molecule has 0 bridgehead atoms. The largest absolute Gasteiger partial charge is 0.476 e. The maximum Gasteiger partial charge on any atom is 0.459 e. The summed E-state index contributed by atoms with van der Waals surface area (Å²) in [4.78, 5) is 25.8. The number of carbonyl (C=O) groups excluding carboxylic acids is 1. The Labute approximate surface area is 262 Å². The van der Waals surface area contributed by atoms with Crippen molar-refractivity contribution in [2.24, 2.45) is 11.3 Å². The molecule has 0 saturated carbocycles. The van der Waals surface area contributed by atoms with E-state index in [0.29, 0.717) is 35.8 Å². The summed E-state index contributed by atoms with van der Waals surface area (Å²) in [5.41, 5.74) is 6.68. The normalized spacial score (nSPS) is 20.6. The van der Waals surface area contributed by atoms with E-state index < -0.39 is 32.1 Å². The highest BCUT2D eigenvalue weighted by atomic mass is 31.2. The molecular weight excluding hydrogens is 599 g/mol. The first-order chi connectivity index (χ1) is 21.4. The van der Waals surface area contributed by atoms with Gasteiger partial charge in [0.05, 0.1) is 32.3 Å². The number of nitrogens with two attached hydrogens (primary N) is 1. The van der Waals surface area contributed by atoms with Crippen LogP contribution in [0.1, 0.15) is 54.2 Å². The minimum atomic E-state index is -4.14. The van der Waals surface area contributed by atoms with Crippen molar-refractivity contribution in [1.82, 2.24) is 24.6 Å². The molecule has 5 rings (SSSR count). The van der Waals surface area contributed by atoms with Crippen LogP contribution in [0.15, 0.2) is 48.8 Å². The molecule has 0 amide bonds. The molecule has 0 spiro atoms. The van der Waals surface area contributed by atoms with Gasteiger partial charge in [-0.15, -0.1) is 0 Å². The fourth-order valence-electron chi connectivity index (χ4n) is 5.07. The highest BCUT2D eigenvalue weighted by Crippen LogP contribution is 2.48. The molecule has 0 radical (unpaired) electrons. The number of anilines is 1. The number of rotatable bonds is 12. The van der Waals surface area contributed by atoms with Crippen molar-refractivity contribution in [1.29, 1.82) is 0 Å². The molecule has 5 atom stereocenters. The number of fused-ring (bicyclic) bond motifs is 2. The number of aromatic nitrogens is 4. The molecule has 5 unspecified atom stereocenters. The van der Waals surface area contributed by atoms with Gasteiger partial charge in [-0.3, -0.25) is 13.9 Å². The van der Waals surface area contributed by atoms with E-state index in [1.54, 1.807) is 30.0 Å². The molecule has 14 heteroatoms. The van der Waals surface area contributed by atoms with Crippen LogP contribution in [0.3, 0.4) is 0 Å². The highest BCUT2D eigenvalue weighted by Gasteiger charge is 2.39. The van der Waals surface area contributed by atoms with Crippen molar-refractivity contribution >= 4 is 41.6 Å². The van der Waals surface area contributed by atoms with Gasteiger partial charge in [0, 0.05) is 11.3 Å². The number of nitrogens with zero attached hydrogens (tertiary/aromatic N) is 4. The molecule has 3 N–H and O–H groups in total. The lowest BCUT2D eigenvalue weighted by Gasteiger charge is -2.25. The monoisotopic (exact) mass is 640 g/mol. The Kier molecular flexibility index (Phi) is 9.64. The van der Waals surface area contributed by atoms with E-state index in [0.717, 1.165) is 10.8 Å². The average molecular weight is 641 g/mol. The van der Waals surface area contributed by atoms with Crippen LogP contribution in [-0.4, -0.2) is 57.5 Å². The molecular formula is C31H41N6O7P. The zero-order chi connectivity index (χ0) is 32.4. The Hall–Kier alpha value is -3.77. The lowest BCUT2D eigenvalue weighted by Crippen LogP contribution is -2.37. The lowest BCUT2D eigenvalue weighted by atomic mass is 9.99.